The van der Waals surface area contributed by atoms with Gasteiger partial charge in [-0.1, -0.05) is 79.2 Å². The second-order valence-corrected chi connectivity index (χ2v) is 7.71. The predicted molar refractivity (Wildman–Crippen MR) is 110 cm³/mol. The number of benzene rings is 2. The van der Waals surface area contributed by atoms with Gasteiger partial charge in [0.1, 0.15) is 0 Å². The van der Waals surface area contributed by atoms with Crippen LogP contribution in [-0.4, -0.2) is 48.4 Å². The molecule has 2 aromatic rings. The Hall–Kier alpha value is -2.39. The summed E-state index contributed by atoms with van der Waals surface area (Å²) in [6, 6.07) is 20.8. The van der Waals surface area contributed by atoms with Crippen molar-refractivity contribution in [3.63, 3.8) is 0 Å². The summed E-state index contributed by atoms with van der Waals surface area (Å²) < 4.78 is 0. The van der Waals surface area contributed by atoms with Gasteiger partial charge in [0.05, 0.1) is 5.41 Å². The third-order valence-electron chi connectivity index (χ3n) is 6.08. The van der Waals surface area contributed by atoms with Crippen LogP contribution in [0.4, 0.5) is 0 Å². The Morgan fingerprint density at radius 1 is 0.889 bits per heavy atom. The maximum atomic E-state index is 13.3. The van der Waals surface area contributed by atoms with E-state index in [4.69, 9.17) is 0 Å². The molecule has 1 saturated heterocycles. The number of carbonyl (C=O) groups is 1. The number of rotatable bonds is 5. The first-order valence-electron chi connectivity index (χ1n) is 10.1. The molecule has 3 heteroatoms. The molecule has 1 heterocycles. The van der Waals surface area contributed by atoms with Crippen LogP contribution in [0.5, 0.6) is 0 Å². The van der Waals surface area contributed by atoms with Crippen molar-refractivity contribution in [3.05, 3.63) is 77.9 Å². The molecule has 27 heavy (non-hydrogen) atoms. The third-order valence-corrected chi connectivity index (χ3v) is 6.08. The van der Waals surface area contributed by atoms with Crippen LogP contribution in [0.25, 0.3) is 6.08 Å². The van der Waals surface area contributed by atoms with Gasteiger partial charge in [-0.15, -0.1) is 0 Å². The molecule has 4 rings (SSSR count). The summed E-state index contributed by atoms with van der Waals surface area (Å²) in [5, 5.41) is 0. The van der Waals surface area contributed by atoms with Gasteiger partial charge in [-0.2, -0.15) is 0 Å². The quantitative estimate of drug-likeness (QED) is 0.806. The second-order valence-electron chi connectivity index (χ2n) is 7.71. The highest BCUT2D eigenvalue weighted by Gasteiger charge is 2.47. The monoisotopic (exact) mass is 360 g/mol. The van der Waals surface area contributed by atoms with Crippen molar-refractivity contribution in [1.29, 1.82) is 0 Å². The predicted octanol–water partition coefficient (Wildman–Crippen LogP) is 3.97. The van der Waals surface area contributed by atoms with Gasteiger partial charge in [0.25, 0.3) is 0 Å². The molecule has 0 unspecified atom stereocenters. The zero-order valence-electron chi connectivity index (χ0n) is 15.9. The van der Waals surface area contributed by atoms with Crippen LogP contribution in [0.3, 0.4) is 0 Å². The molecule has 1 aliphatic carbocycles. The molecule has 1 aliphatic heterocycles. The first-order valence-corrected chi connectivity index (χ1v) is 10.1. The lowest BCUT2D eigenvalue weighted by Gasteiger charge is -2.46. The molecule has 3 nitrogen and oxygen atoms in total. The van der Waals surface area contributed by atoms with E-state index in [9.17, 15) is 4.79 Å². The summed E-state index contributed by atoms with van der Waals surface area (Å²) in [7, 11) is 0. The van der Waals surface area contributed by atoms with E-state index in [1.807, 2.05) is 12.1 Å². The van der Waals surface area contributed by atoms with Crippen molar-refractivity contribution in [3.8, 4) is 0 Å². The van der Waals surface area contributed by atoms with Gasteiger partial charge in [-0.25, -0.2) is 0 Å². The average Bonchev–Trinajstić information content (AvgIpc) is 2.69. The Morgan fingerprint density at radius 3 is 2.11 bits per heavy atom. The van der Waals surface area contributed by atoms with Crippen LogP contribution >= 0.6 is 0 Å². The molecule has 0 bridgehead atoms. The maximum Gasteiger partial charge on any atom is 0.233 e. The van der Waals surface area contributed by atoms with E-state index in [2.05, 4.69) is 70.5 Å². The fourth-order valence-corrected chi connectivity index (χ4v) is 4.25. The number of carbonyl (C=O) groups excluding carboxylic acids is 1. The SMILES string of the molecule is O=C(N1CCN(C/C=C/c2ccccc2)CC1)C1(c2ccccc2)CCC1. The zero-order chi connectivity index (χ0) is 18.5. The maximum absolute atomic E-state index is 13.3. The molecular formula is C24H28N2O. The lowest BCUT2D eigenvalue weighted by molar-refractivity contribution is -0.142. The summed E-state index contributed by atoms with van der Waals surface area (Å²) in [6.45, 7) is 4.53. The summed E-state index contributed by atoms with van der Waals surface area (Å²) in [5.74, 6) is 0.347. The van der Waals surface area contributed by atoms with Gasteiger partial charge in [0.15, 0.2) is 0 Å². The average molecular weight is 361 g/mol. The van der Waals surface area contributed by atoms with E-state index in [-0.39, 0.29) is 5.41 Å². The Morgan fingerprint density at radius 2 is 1.52 bits per heavy atom. The first kappa shape index (κ1) is 18.0. The van der Waals surface area contributed by atoms with Crippen molar-refractivity contribution in [2.45, 2.75) is 24.7 Å². The smallest absolute Gasteiger partial charge is 0.233 e. The van der Waals surface area contributed by atoms with Crippen LogP contribution in [0.15, 0.2) is 66.7 Å². The first-order chi connectivity index (χ1) is 13.3. The lowest BCUT2D eigenvalue weighted by Crippen LogP contribution is -2.56. The van der Waals surface area contributed by atoms with Crippen LogP contribution in [0.1, 0.15) is 30.4 Å². The molecule has 2 aliphatic rings. The molecule has 1 saturated carbocycles. The fraction of sp³-hybridized carbons (Fsp3) is 0.375. The number of nitrogens with zero attached hydrogens (tertiary/aromatic N) is 2. The standard InChI is InChI=1S/C24H28N2O/c27-23(24(14-8-15-24)22-12-5-2-6-13-22)26-19-17-25(18-20-26)16-7-11-21-9-3-1-4-10-21/h1-7,9-13H,8,14-20H2/b11-7+. The van der Waals surface area contributed by atoms with Crippen molar-refractivity contribution in [1.82, 2.24) is 9.80 Å². The summed E-state index contributed by atoms with van der Waals surface area (Å²) in [5.41, 5.74) is 2.19. The molecule has 0 N–H and O–H groups in total. The minimum atomic E-state index is -0.253. The fourth-order valence-electron chi connectivity index (χ4n) is 4.25. The second kappa shape index (κ2) is 8.10. The topological polar surface area (TPSA) is 23.6 Å². The van der Waals surface area contributed by atoms with Crippen molar-refractivity contribution in [2.75, 3.05) is 32.7 Å². The van der Waals surface area contributed by atoms with E-state index < -0.39 is 0 Å². The number of hydrogen-bond acceptors (Lipinski definition) is 2. The van der Waals surface area contributed by atoms with Gasteiger partial charge in [0, 0.05) is 32.7 Å². The van der Waals surface area contributed by atoms with Crippen LogP contribution in [0.2, 0.25) is 0 Å². The molecule has 0 spiro atoms. The van der Waals surface area contributed by atoms with E-state index in [0.717, 1.165) is 52.0 Å². The van der Waals surface area contributed by atoms with Gasteiger partial charge < -0.3 is 4.90 Å². The number of piperazine rings is 1. The Bertz CT molecular complexity index is 773. The highest BCUT2D eigenvalue weighted by Crippen LogP contribution is 2.45. The van der Waals surface area contributed by atoms with Crippen molar-refractivity contribution < 1.29 is 4.79 Å². The molecule has 0 aromatic heterocycles. The van der Waals surface area contributed by atoms with Crippen LogP contribution in [0, 0.1) is 0 Å². The normalized spacial score (nSPS) is 19.8. The van der Waals surface area contributed by atoms with E-state index >= 15 is 0 Å². The summed E-state index contributed by atoms with van der Waals surface area (Å²) >= 11 is 0. The lowest BCUT2D eigenvalue weighted by atomic mass is 9.63. The number of amides is 1. The van der Waals surface area contributed by atoms with Gasteiger partial charge in [-0.3, -0.25) is 9.69 Å². The van der Waals surface area contributed by atoms with E-state index in [1.165, 1.54) is 11.1 Å². The molecule has 0 atom stereocenters. The van der Waals surface area contributed by atoms with Crippen molar-refractivity contribution >= 4 is 12.0 Å². The Labute approximate surface area is 162 Å². The summed E-state index contributed by atoms with van der Waals surface area (Å²) in [4.78, 5) is 17.8. The number of hydrogen-bond donors (Lipinski definition) is 0. The molecular weight excluding hydrogens is 332 g/mol. The minimum Gasteiger partial charge on any atom is -0.339 e. The highest BCUT2D eigenvalue weighted by molar-refractivity contribution is 5.89. The van der Waals surface area contributed by atoms with Gasteiger partial charge in [0.2, 0.25) is 5.91 Å². The van der Waals surface area contributed by atoms with Gasteiger partial charge in [-0.05, 0) is 24.0 Å². The van der Waals surface area contributed by atoms with Crippen molar-refractivity contribution in [2.24, 2.45) is 0 Å². The highest BCUT2D eigenvalue weighted by atomic mass is 16.2. The molecule has 2 aromatic carbocycles. The van der Waals surface area contributed by atoms with Crippen LogP contribution < -0.4 is 0 Å². The van der Waals surface area contributed by atoms with E-state index in [0.29, 0.717) is 5.91 Å². The molecule has 140 valence electrons. The largest absolute Gasteiger partial charge is 0.339 e. The molecule has 0 radical (unpaired) electrons. The molecule has 1 amide bonds. The van der Waals surface area contributed by atoms with Crippen LogP contribution in [-0.2, 0) is 10.2 Å². The van der Waals surface area contributed by atoms with E-state index in [1.54, 1.807) is 0 Å². The zero-order valence-corrected chi connectivity index (χ0v) is 15.9. The Kier molecular flexibility index (Phi) is 5.40. The summed E-state index contributed by atoms with van der Waals surface area (Å²) in [6.07, 6.45) is 7.55. The van der Waals surface area contributed by atoms with Gasteiger partial charge >= 0.3 is 0 Å². The Balaban J connectivity index is 1.32. The minimum absolute atomic E-state index is 0.253. The molecule has 2 fully saturated rings. The third kappa shape index (κ3) is 3.84.